The van der Waals surface area contributed by atoms with Crippen LogP contribution in [0.3, 0.4) is 0 Å². The summed E-state index contributed by atoms with van der Waals surface area (Å²) in [6.07, 6.45) is 0. The fourth-order valence-electron chi connectivity index (χ4n) is 2.24. The molecule has 1 aliphatic rings. The van der Waals surface area contributed by atoms with Crippen molar-refractivity contribution in [3.8, 4) is 0 Å². The monoisotopic (exact) mass is 285 g/mol. The predicted molar refractivity (Wildman–Crippen MR) is 72.5 cm³/mol. The van der Waals surface area contributed by atoms with Gasteiger partial charge in [0.1, 0.15) is 11.9 Å². The third-order valence-electron chi connectivity index (χ3n) is 3.28. The van der Waals surface area contributed by atoms with Crippen LogP contribution in [0.15, 0.2) is 18.2 Å². The highest BCUT2D eigenvalue weighted by Crippen LogP contribution is 2.20. The van der Waals surface area contributed by atoms with Gasteiger partial charge in [0.15, 0.2) is 0 Å². The molecule has 0 spiro atoms. The van der Waals surface area contributed by atoms with Crippen LogP contribution in [0.5, 0.6) is 0 Å². The molecule has 0 bridgehead atoms. The molecule has 0 aliphatic carbocycles. The second-order valence-corrected chi connectivity index (χ2v) is 4.95. The first-order chi connectivity index (χ1) is 9.11. The number of likely N-dealkylation sites (N-methyl/N-ethyl adjacent to an activating group) is 1. The average molecular weight is 286 g/mol. The zero-order valence-corrected chi connectivity index (χ0v) is 11.5. The Morgan fingerprint density at radius 3 is 3.16 bits per heavy atom. The molecule has 1 fully saturated rings. The van der Waals surface area contributed by atoms with Crippen molar-refractivity contribution in [2.24, 2.45) is 0 Å². The number of halogens is 2. The summed E-state index contributed by atoms with van der Waals surface area (Å²) in [6, 6.07) is 4.05. The molecule has 1 heterocycles. The molecule has 19 heavy (non-hydrogen) atoms. The van der Waals surface area contributed by atoms with Gasteiger partial charge in [-0.2, -0.15) is 0 Å². The van der Waals surface area contributed by atoms with Crippen LogP contribution in [0, 0.1) is 5.82 Å². The lowest BCUT2D eigenvalue weighted by atomic mass is 10.1. The summed E-state index contributed by atoms with van der Waals surface area (Å²) in [5.74, 6) is -0.356. The first-order valence-corrected chi connectivity index (χ1v) is 6.60. The van der Waals surface area contributed by atoms with E-state index in [-0.39, 0.29) is 17.8 Å². The Labute approximate surface area is 116 Å². The summed E-state index contributed by atoms with van der Waals surface area (Å²) < 4.78 is 13.3. The van der Waals surface area contributed by atoms with Crippen molar-refractivity contribution < 1.29 is 9.18 Å². The van der Waals surface area contributed by atoms with E-state index in [4.69, 9.17) is 11.6 Å². The topological polar surface area (TPSA) is 44.4 Å². The molecule has 0 aromatic heterocycles. The van der Waals surface area contributed by atoms with Gasteiger partial charge in [0, 0.05) is 38.2 Å². The zero-order chi connectivity index (χ0) is 13.8. The van der Waals surface area contributed by atoms with Crippen molar-refractivity contribution in [2.45, 2.75) is 12.6 Å². The number of rotatable bonds is 3. The van der Waals surface area contributed by atoms with Crippen LogP contribution < -0.4 is 10.6 Å². The lowest BCUT2D eigenvalue weighted by molar-refractivity contribution is -0.126. The maximum atomic E-state index is 13.3. The van der Waals surface area contributed by atoms with E-state index in [1.54, 1.807) is 13.1 Å². The molecule has 1 aromatic carbocycles. The van der Waals surface area contributed by atoms with Crippen molar-refractivity contribution >= 4 is 17.5 Å². The highest BCUT2D eigenvalue weighted by atomic mass is 35.5. The summed E-state index contributed by atoms with van der Waals surface area (Å²) in [4.78, 5) is 13.8. The third kappa shape index (κ3) is 3.43. The number of carbonyl (C=O) groups excluding carboxylic acids is 1. The molecule has 1 aliphatic heterocycles. The molecular weight excluding hydrogens is 269 g/mol. The Kier molecular flexibility index (Phi) is 4.74. The van der Waals surface area contributed by atoms with E-state index in [2.05, 4.69) is 10.6 Å². The van der Waals surface area contributed by atoms with E-state index >= 15 is 0 Å². The molecule has 0 saturated carbocycles. The molecule has 1 unspecified atom stereocenters. The number of carbonyl (C=O) groups is 1. The van der Waals surface area contributed by atoms with Gasteiger partial charge >= 0.3 is 0 Å². The van der Waals surface area contributed by atoms with E-state index < -0.39 is 0 Å². The van der Waals surface area contributed by atoms with Crippen LogP contribution >= 0.6 is 11.6 Å². The number of hydrogen-bond acceptors (Lipinski definition) is 3. The van der Waals surface area contributed by atoms with Gasteiger partial charge in [0.05, 0.1) is 0 Å². The van der Waals surface area contributed by atoms with Crippen LogP contribution in [-0.2, 0) is 11.3 Å². The summed E-state index contributed by atoms with van der Waals surface area (Å²) in [6.45, 7) is 2.59. The van der Waals surface area contributed by atoms with Crippen LogP contribution in [0.4, 0.5) is 4.39 Å². The van der Waals surface area contributed by atoms with Crippen molar-refractivity contribution in [1.82, 2.24) is 15.5 Å². The minimum atomic E-state index is -0.314. The van der Waals surface area contributed by atoms with Crippen molar-refractivity contribution in [1.29, 1.82) is 0 Å². The summed E-state index contributed by atoms with van der Waals surface area (Å²) in [5.41, 5.74) is 0.706. The number of nitrogens with zero attached hydrogens (tertiary/aromatic N) is 1. The molecule has 2 N–H and O–H groups in total. The van der Waals surface area contributed by atoms with Gasteiger partial charge in [-0.25, -0.2) is 4.39 Å². The Balaban J connectivity index is 2.15. The van der Waals surface area contributed by atoms with E-state index in [1.165, 1.54) is 12.1 Å². The molecule has 1 atom stereocenters. The minimum Gasteiger partial charge on any atom is -0.358 e. The first kappa shape index (κ1) is 14.2. The lowest BCUT2D eigenvalue weighted by Crippen LogP contribution is -2.56. The molecule has 1 aromatic rings. The van der Waals surface area contributed by atoms with Crippen LogP contribution in [0.25, 0.3) is 0 Å². The standard InChI is InChI=1S/C13H17ClFN3O/c1-16-13(19)12-7-17-4-5-18(12)8-9-6-10(15)2-3-11(9)14/h2-3,6,12,17H,4-5,7-8H2,1H3,(H,16,19). The predicted octanol–water partition coefficient (Wildman–Crippen LogP) is 0.999. The molecule has 6 heteroatoms. The highest BCUT2D eigenvalue weighted by molar-refractivity contribution is 6.31. The fraction of sp³-hybridized carbons (Fsp3) is 0.462. The molecule has 0 radical (unpaired) electrons. The Morgan fingerprint density at radius 1 is 1.63 bits per heavy atom. The Morgan fingerprint density at radius 2 is 2.42 bits per heavy atom. The average Bonchev–Trinajstić information content (AvgIpc) is 2.42. The molecule has 104 valence electrons. The summed E-state index contributed by atoms with van der Waals surface area (Å²) in [7, 11) is 1.62. The van der Waals surface area contributed by atoms with Gasteiger partial charge in [-0.05, 0) is 23.8 Å². The van der Waals surface area contributed by atoms with Crippen LogP contribution in [0.2, 0.25) is 5.02 Å². The van der Waals surface area contributed by atoms with Crippen LogP contribution in [-0.4, -0.2) is 43.5 Å². The van der Waals surface area contributed by atoms with Gasteiger partial charge in [-0.3, -0.25) is 9.69 Å². The highest BCUT2D eigenvalue weighted by Gasteiger charge is 2.28. The maximum absolute atomic E-state index is 13.3. The zero-order valence-electron chi connectivity index (χ0n) is 10.7. The Bertz CT molecular complexity index is 469. The summed E-state index contributed by atoms with van der Waals surface area (Å²) in [5, 5.41) is 6.35. The molecular formula is C13H17ClFN3O. The van der Waals surface area contributed by atoms with Crippen molar-refractivity contribution in [2.75, 3.05) is 26.7 Å². The van der Waals surface area contributed by atoms with E-state index in [0.29, 0.717) is 23.7 Å². The first-order valence-electron chi connectivity index (χ1n) is 6.22. The number of hydrogen-bond donors (Lipinski definition) is 2. The Hall–Kier alpha value is -1.17. The molecule has 2 rings (SSSR count). The SMILES string of the molecule is CNC(=O)C1CNCCN1Cc1cc(F)ccc1Cl. The normalized spacial score (nSPS) is 20.3. The number of piperazine rings is 1. The van der Waals surface area contributed by atoms with Crippen LogP contribution in [0.1, 0.15) is 5.56 Å². The second kappa shape index (κ2) is 6.32. The van der Waals surface area contributed by atoms with Gasteiger partial charge in [-0.1, -0.05) is 11.6 Å². The number of amides is 1. The van der Waals surface area contributed by atoms with Crippen molar-refractivity contribution in [3.63, 3.8) is 0 Å². The fourth-order valence-corrected chi connectivity index (χ4v) is 2.42. The van der Waals surface area contributed by atoms with Gasteiger partial charge < -0.3 is 10.6 Å². The van der Waals surface area contributed by atoms with Gasteiger partial charge in [-0.15, -0.1) is 0 Å². The lowest BCUT2D eigenvalue weighted by Gasteiger charge is -2.35. The maximum Gasteiger partial charge on any atom is 0.238 e. The molecule has 1 amide bonds. The molecule has 4 nitrogen and oxygen atoms in total. The second-order valence-electron chi connectivity index (χ2n) is 4.54. The number of nitrogens with one attached hydrogen (secondary N) is 2. The third-order valence-corrected chi connectivity index (χ3v) is 3.65. The largest absolute Gasteiger partial charge is 0.358 e. The van der Waals surface area contributed by atoms with E-state index in [9.17, 15) is 9.18 Å². The van der Waals surface area contributed by atoms with Gasteiger partial charge in [0.2, 0.25) is 5.91 Å². The number of benzene rings is 1. The van der Waals surface area contributed by atoms with Crippen molar-refractivity contribution in [3.05, 3.63) is 34.6 Å². The summed E-state index contributed by atoms with van der Waals surface area (Å²) >= 11 is 6.07. The quantitative estimate of drug-likeness (QED) is 0.871. The van der Waals surface area contributed by atoms with E-state index in [0.717, 1.165) is 13.1 Å². The smallest absolute Gasteiger partial charge is 0.238 e. The molecule has 1 saturated heterocycles. The minimum absolute atomic E-state index is 0.0419. The van der Waals surface area contributed by atoms with Gasteiger partial charge in [0.25, 0.3) is 0 Å². The van der Waals surface area contributed by atoms with E-state index in [1.807, 2.05) is 4.90 Å².